The predicted molar refractivity (Wildman–Crippen MR) is 76.5 cm³/mol. The minimum atomic E-state index is -0.446. The van der Waals surface area contributed by atoms with Crippen molar-refractivity contribution in [2.45, 2.75) is 45.1 Å². The van der Waals surface area contributed by atoms with Gasteiger partial charge in [-0.15, -0.1) is 0 Å². The molecule has 3 nitrogen and oxygen atoms in total. The van der Waals surface area contributed by atoms with E-state index < -0.39 is 5.60 Å². The maximum absolute atomic E-state index is 12.3. The molecule has 0 atom stereocenters. The second-order valence-electron chi connectivity index (χ2n) is 6.11. The van der Waals surface area contributed by atoms with Gasteiger partial charge in [0.15, 0.2) is 0 Å². The quantitative estimate of drug-likeness (QED) is 0.831. The van der Waals surface area contributed by atoms with E-state index in [1.54, 1.807) is 0 Å². The Balaban J connectivity index is 2.22. The first-order valence-electron chi connectivity index (χ1n) is 7.00. The van der Waals surface area contributed by atoms with Gasteiger partial charge in [0.25, 0.3) is 0 Å². The normalized spacial score (nSPS) is 17.2. The Labute approximate surface area is 115 Å². The summed E-state index contributed by atoms with van der Waals surface area (Å²) >= 11 is 0. The van der Waals surface area contributed by atoms with Crippen molar-refractivity contribution in [3.05, 3.63) is 35.4 Å². The smallest absolute Gasteiger partial charge is 0.338 e. The van der Waals surface area contributed by atoms with Gasteiger partial charge in [0.1, 0.15) is 5.60 Å². The van der Waals surface area contributed by atoms with E-state index in [1.807, 2.05) is 39.0 Å². The molecule has 1 aliphatic rings. The van der Waals surface area contributed by atoms with Crippen molar-refractivity contribution in [3.63, 3.8) is 0 Å². The van der Waals surface area contributed by atoms with Crippen molar-refractivity contribution < 1.29 is 9.53 Å². The van der Waals surface area contributed by atoms with Crippen molar-refractivity contribution >= 4 is 5.97 Å². The largest absolute Gasteiger partial charge is 0.456 e. The van der Waals surface area contributed by atoms with Crippen LogP contribution in [0.1, 0.15) is 55.5 Å². The molecule has 0 radical (unpaired) electrons. The highest BCUT2D eigenvalue weighted by Crippen LogP contribution is 2.29. The summed E-state index contributed by atoms with van der Waals surface area (Å²) in [5.74, 6) is 0.256. The average molecular weight is 261 g/mol. The Bertz CT molecular complexity index is 442. The fraction of sp³-hybridized carbons (Fsp3) is 0.562. The van der Waals surface area contributed by atoms with E-state index in [-0.39, 0.29) is 5.97 Å². The second-order valence-corrected chi connectivity index (χ2v) is 6.11. The zero-order valence-electron chi connectivity index (χ0n) is 12.0. The molecule has 104 valence electrons. The first-order valence-corrected chi connectivity index (χ1v) is 7.00. The molecule has 1 aromatic rings. The molecule has 0 aromatic heterocycles. The fourth-order valence-corrected chi connectivity index (χ4v) is 2.50. The van der Waals surface area contributed by atoms with E-state index in [0.29, 0.717) is 5.92 Å². The molecule has 1 aromatic carbocycles. The van der Waals surface area contributed by atoms with Crippen LogP contribution in [0, 0.1) is 0 Å². The van der Waals surface area contributed by atoms with E-state index in [0.717, 1.165) is 37.1 Å². The number of ether oxygens (including phenoxy) is 1. The number of hydrogen-bond acceptors (Lipinski definition) is 3. The summed E-state index contributed by atoms with van der Waals surface area (Å²) in [5.41, 5.74) is 1.42. The summed E-state index contributed by atoms with van der Waals surface area (Å²) in [4.78, 5) is 12.3. The maximum Gasteiger partial charge on any atom is 0.338 e. The van der Waals surface area contributed by atoms with Gasteiger partial charge in [-0.1, -0.05) is 18.2 Å². The zero-order valence-corrected chi connectivity index (χ0v) is 12.0. The summed E-state index contributed by atoms with van der Waals surface area (Å²) in [6.07, 6.45) is 2.17. The maximum atomic E-state index is 12.3. The molecule has 1 N–H and O–H groups in total. The van der Waals surface area contributed by atoms with Gasteiger partial charge < -0.3 is 10.1 Å². The molecule has 19 heavy (non-hydrogen) atoms. The number of hydrogen-bond donors (Lipinski definition) is 1. The van der Waals surface area contributed by atoms with Gasteiger partial charge in [0.2, 0.25) is 0 Å². The van der Waals surface area contributed by atoms with E-state index in [4.69, 9.17) is 4.74 Å². The topological polar surface area (TPSA) is 38.3 Å². The van der Waals surface area contributed by atoms with E-state index >= 15 is 0 Å². The zero-order chi connectivity index (χ0) is 13.9. The van der Waals surface area contributed by atoms with Crippen LogP contribution in [-0.2, 0) is 4.74 Å². The predicted octanol–water partition coefficient (Wildman–Crippen LogP) is 3.11. The minimum absolute atomic E-state index is 0.207. The third-order valence-electron chi connectivity index (χ3n) is 3.36. The van der Waals surface area contributed by atoms with E-state index in [9.17, 15) is 4.79 Å². The Kier molecular flexibility index (Phi) is 4.25. The molecule has 0 aliphatic carbocycles. The standard InChI is InChI=1S/C16H23NO2/c1-16(2,3)19-15(18)14-7-5-4-6-13(14)12-8-10-17-11-9-12/h4-7,12,17H,8-11H2,1-3H3. The number of rotatable bonds is 2. The average Bonchev–Trinajstić information content (AvgIpc) is 2.38. The highest BCUT2D eigenvalue weighted by Gasteiger charge is 2.24. The molecule has 0 saturated carbocycles. The van der Waals surface area contributed by atoms with E-state index in [1.165, 1.54) is 0 Å². The van der Waals surface area contributed by atoms with Gasteiger partial charge in [0, 0.05) is 0 Å². The third-order valence-corrected chi connectivity index (χ3v) is 3.36. The van der Waals surface area contributed by atoms with E-state index in [2.05, 4.69) is 11.4 Å². The SMILES string of the molecule is CC(C)(C)OC(=O)c1ccccc1C1CCNCC1. The van der Waals surface area contributed by atoms with Gasteiger partial charge in [-0.25, -0.2) is 4.79 Å². The number of benzene rings is 1. The highest BCUT2D eigenvalue weighted by atomic mass is 16.6. The molecule has 2 rings (SSSR count). The molecule has 3 heteroatoms. The van der Waals surface area contributed by atoms with Gasteiger partial charge >= 0.3 is 5.97 Å². The highest BCUT2D eigenvalue weighted by molar-refractivity contribution is 5.91. The summed E-state index contributed by atoms with van der Waals surface area (Å²) in [7, 11) is 0. The van der Waals surface area contributed by atoms with Crippen LogP contribution in [0.4, 0.5) is 0 Å². The molecule has 1 aliphatic heterocycles. The molecule has 0 unspecified atom stereocenters. The van der Waals surface area contributed by atoms with Gasteiger partial charge in [0.05, 0.1) is 5.56 Å². The Hall–Kier alpha value is -1.35. The van der Waals surface area contributed by atoms with Crippen LogP contribution < -0.4 is 5.32 Å². The van der Waals surface area contributed by atoms with Crippen LogP contribution in [0.3, 0.4) is 0 Å². The molecule has 1 saturated heterocycles. The molecule has 1 fully saturated rings. The van der Waals surface area contributed by atoms with Gasteiger partial charge in [-0.05, 0) is 64.3 Å². The fourth-order valence-electron chi connectivity index (χ4n) is 2.50. The van der Waals surface area contributed by atoms with Crippen LogP contribution in [0.15, 0.2) is 24.3 Å². The second kappa shape index (κ2) is 5.74. The molecular weight excluding hydrogens is 238 g/mol. The molecule has 0 amide bonds. The van der Waals surface area contributed by atoms with Crippen molar-refractivity contribution in [1.29, 1.82) is 0 Å². The lowest BCUT2D eigenvalue weighted by Crippen LogP contribution is -2.28. The lowest BCUT2D eigenvalue weighted by molar-refractivity contribution is 0.00676. The summed E-state index contributed by atoms with van der Waals surface area (Å²) in [6.45, 7) is 7.74. The monoisotopic (exact) mass is 261 g/mol. The molecule has 1 heterocycles. The van der Waals surface area contributed by atoms with Gasteiger partial charge in [-0.3, -0.25) is 0 Å². The van der Waals surface area contributed by atoms with Crippen LogP contribution in [0.5, 0.6) is 0 Å². The third kappa shape index (κ3) is 3.80. The Morgan fingerprint density at radius 1 is 1.21 bits per heavy atom. The lowest BCUT2D eigenvalue weighted by atomic mass is 9.87. The summed E-state index contributed by atoms with van der Waals surface area (Å²) < 4.78 is 5.50. The summed E-state index contributed by atoms with van der Waals surface area (Å²) in [6, 6.07) is 7.86. The Morgan fingerprint density at radius 3 is 2.47 bits per heavy atom. The van der Waals surface area contributed by atoms with Crippen LogP contribution >= 0.6 is 0 Å². The Morgan fingerprint density at radius 2 is 1.84 bits per heavy atom. The number of piperidine rings is 1. The van der Waals surface area contributed by atoms with Crippen LogP contribution in [0.25, 0.3) is 0 Å². The van der Waals surface area contributed by atoms with Crippen molar-refractivity contribution in [3.8, 4) is 0 Å². The number of nitrogens with one attached hydrogen (secondary N) is 1. The summed E-state index contributed by atoms with van der Waals surface area (Å²) in [5, 5.41) is 3.36. The van der Waals surface area contributed by atoms with Crippen molar-refractivity contribution in [1.82, 2.24) is 5.32 Å². The van der Waals surface area contributed by atoms with Gasteiger partial charge in [-0.2, -0.15) is 0 Å². The number of esters is 1. The van der Waals surface area contributed by atoms with Crippen molar-refractivity contribution in [2.24, 2.45) is 0 Å². The lowest BCUT2D eigenvalue weighted by Gasteiger charge is -2.26. The number of carbonyl (C=O) groups is 1. The molecular formula is C16H23NO2. The first-order chi connectivity index (χ1) is 8.97. The minimum Gasteiger partial charge on any atom is -0.456 e. The molecule has 0 bridgehead atoms. The number of carbonyl (C=O) groups excluding carboxylic acids is 1. The van der Waals surface area contributed by atoms with Crippen LogP contribution in [-0.4, -0.2) is 24.7 Å². The van der Waals surface area contributed by atoms with Crippen molar-refractivity contribution in [2.75, 3.05) is 13.1 Å². The molecule has 0 spiro atoms. The van der Waals surface area contributed by atoms with Crippen LogP contribution in [0.2, 0.25) is 0 Å². The first kappa shape index (κ1) is 14.1.